The Balaban J connectivity index is 2.57. The van der Waals surface area contributed by atoms with Gasteiger partial charge in [-0.05, 0) is 43.5 Å². The molecule has 0 spiro atoms. The first kappa shape index (κ1) is 14.9. The number of aliphatic hydroxyl groups excluding tert-OH is 1. The highest BCUT2D eigenvalue weighted by molar-refractivity contribution is 7.89. The van der Waals surface area contributed by atoms with Crippen LogP contribution >= 0.6 is 0 Å². The molecule has 6 heteroatoms. The van der Waals surface area contributed by atoms with E-state index in [-0.39, 0.29) is 11.5 Å². The number of benzene rings is 1. The van der Waals surface area contributed by atoms with Crippen LogP contribution in [0.5, 0.6) is 0 Å². The van der Waals surface area contributed by atoms with Crippen LogP contribution in [-0.2, 0) is 10.0 Å². The smallest absolute Gasteiger partial charge is 0.238 e. The summed E-state index contributed by atoms with van der Waals surface area (Å²) in [7, 11) is -1.67. The number of unbranched alkanes of at least 4 members (excludes halogenated alkanes) is 2. The van der Waals surface area contributed by atoms with Gasteiger partial charge in [-0.2, -0.15) is 0 Å². The van der Waals surface area contributed by atoms with Crippen molar-refractivity contribution in [3.05, 3.63) is 24.3 Å². The molecule has 0 heterocycles. The molecule has 1 rings (SSSR count). The van der Waals surface area contributed by atoms with E-state index in [1.165, 1.54) is 12.1 Å². The van der Waals surface area contributed by atoms with Gasteiger partial charge in [0.1, 0.15) is 0 Å². The van der Waals surface area contributed by atoms with E-state index < -0.39 is 10.0 Å². The highest BCUT2D eigenvalue weighted by Crippen LogP contribution is 2.16. The van der Waals surface area contributed by atoms with Crippen LogP contribution < -0.4 is 10.0 Å². The highest BCUT2D eigenvalue weighted by Gasteiger charge is 2.07. The summed E-state index contributed by atoms with van der Waals surface area (Å²) in [4.78, 5) is 2.17. The lowest BCUT2D eigenvalue weighted by Gasteiger charge is -2.19. The average Bonchev–Trinajstić information content (AvgIpc) is 2.33. The standard InChI is InChI=1S/C12H20N2O3S/c1-14(9-3-2-4-10-15)11-5-7-12(8-6-11)18(13,16)17/h5-8,15H,2-4,9-10H2,1H3,(H2,13,16,17). The Morgan fingerprint density at radius 3 is 2.28 bits per heavy atom. The maximum absolute atomic E-state index is 11.1. The summed E-state index contributed by atoms with van der Waals surface area (Å²) in [6.45, 7) is 1.10. The topological polar surface area (TPSA) is 83.6 Å². The Hall–Kier alpha value is -1.11. The van der Waals surface area contributed by atoms with E-state index in [9.17, 15) is 8.42 Å². The van der Waals surface area contributed by atoms with Crippen molar-refractivity contribution in [2.45, 2.75) is 24.2 Å². The third-order valence-electron chi connectivity index (χ3n) is 2.76. The lowest BCUT2D eigenvalue weighted by Crippen LogP contribution is -2.19. The number of hydrogen-bond donors (Lipinski definition) is 2. The molecular formula is C12H20N2O3S. The number of hydrogen-bond acceptors (Lipinski definition) is 4. The molecular weight excluding hydrogens is 252 g/mol. The van der Waals surface area contributed by atoms with Gasteiger partial charge in [-0.3, -0.25) is 0 Å². The number of rotatable bonds is 7. The Kier molecular flexibility index (Phi) is 5.58. The van der Waals surface area contributed by atoms with Crippen LogP contribution in [0.2, 0.25) is 0 Å². The van der Waals surface area contributed by atoms with Gasteiger partial charge in [-0.15, -0.1) is 0 Å². The third-order valence-corrected chi connectivity index (χ3v) is 3.69. The Bertz CT molecular complexity index is 457. The molecule has 0 radical (unpaired) electrons. The molecule has 0 fully saturated rings. The summed E-state index contributed by atoms with van der Waals surface area (Å²) in [5, 5.41) is 13.7. The molecule has 0 saturated carbocycles. The first-order chi connectivity index (χ1) is 8.45. The predicted octanol–water partition coefficient (Wildman–Crippen LogP) is 0.933. The molecule has 1 aromatic carbocycles. The number of nitrogens with two attached hydrogens (primary N) is 1. The fraction of sp³-hybridized carbons (Fsp3) is 0.500. The van der Waals surface area contributed by atoms with Crippen LogP contribution in [0.1, 0.15) is 19.3 Å². The molecule has 5 nitrogen and oxygen atoms in total. The zero-order valence-corrected chi connectivity index (χ0v) is 11.4. The van der Waals surface area contributed by atoms with Crippen LogP contribution in [0.4, 0.5) is 5.69 Å². The third kappa shape index (κ3) is 4.64. The van der Waals surface area contributed by atoms with Gasteiger partial charge in [-0.1, -0.05) is 0 Å². The zero-order valence-electron chi connectivity index (χ0n) is 10.5. The molecule has 0 bridgehead atoms. The first-order valence-electron chi connectivity index (χ1n) is 5.90. The van der Waals surface area contributed by atoms with Gasteiger partial charge in [0.05, 0.1) is 4.90 Å². The van der Waals surface area contributed by atoms with Crippen molar-refractivity contribution in [1.29, 1.82) is 0 Å². The van der Waals surface area contributed by atoms with Crippen molar-refractivity contribution in [2.75, 3.05) is 25.1 Å². The lowest BCUT2D eigenvalue weighted by atomic mass is 10.2. The number of primary sulfonamides is 1. The van der Waals surface area contributed by atoms with E-state index >= 15 is 0 Å². The largest absolute Gasteiger partial charge is 0.396 e. The molecule has 102 valence electrons. The molecule has 0 saturated heterocycles. The molecule has 0 aromatic heterocycles. The molecule has 0 unspecified atom stereocenters. The van der Waals surface area contributed by atoms with Crippen molar-refractivity contribution in [3.8, 4) is 0 Å². The maximum Gasteiger partial charge on any atom is 0.238 e. The number of anilines is 1. The summed E-state index contributed by atoms with van der Waals surface area (Å²) in [6.07, 6.45) is 2.79. The van der Waals surface area contributed by atoms with E-state index in [0.29, 0.717) is 0 Å². The predicted molar refractivity (Wildman–Crippen MR) is 72.0 cm³/mol. The Morgan fingerprint density at radius 1 is 1.17 bits per heavy atom. The minimum atomic E-state index is -3.62. The second-order valence-corrected chi connectivity index (χ2v) is 5.81. The normalized spacial score (nSPS) is 11.5. The number of sulfonamides is 1. The highest BCUT2D eigenvalue weighted by atomic mass is 32.2. The second-order valence-electron chi connectivity index (χ2n) is 4.24. The van der Waals surface area contributed by atoms with Crippen LogP contribution in [0.25, 0.3) is 0 Å². The van der Waals surface area contributed by atoms with Gasteiger partial charge in [0, 0.05) is 25.9 Å². The van der Waals surface area contributed by atoms with Gasteiger partial charge >= 0.3 is 0 Å². The summed E-state index contributed by atoms with van der Waals surface area (Å²) < 4.78 is 22.2. The number of aliphatic hydroxyl groups is 1. The molecule has 0 atom stereocenters. The molecule has 1 aromatic rings. The Labute approximate surface area is 108 Å². The lowest BCUT2D eigenvalue weighted by molar-refractivity contribution is 0.283. The van der Waals surface area contributed by atoms with Gasteiger partial charge in [0.15, 0.2) is 0 Å². The maximum atomic E-state index is 11.1. The fourth-order valence-corrected chi connectivity index (χ4v) is 2.17. The van der Waals surface area contributed by atoms with Crippen molar-refractivity contribution in [2.24, 2.45) is 5.14 Å². The SMILES string of the molecule is CN(CCCCCO)c1ccc(S(N)(=O)=O)cc1. The van der Waals surface area contributed by atoms with E-state index in [0.717, 1.165) is 31.5 Å². The fourth-order valence-electron chi connectivity index (χ4n) is 1.66. The molecule has 0 aliphatic heterocycles. The quantitative estimate of drug-likeness (QED) is 0.723. The molecule has 0 aliphatic carbocycles. The first-order valence-corrected chi connectivity index (χ1v) is 7.44. The van der Waals surface area contributed by atoms with Gasteiger partial charge in [0.2, 0.25) is 10.0 Å². The minimum absolute atomic E-state index is 0.125. The summed E-state index contributed by atoms with van der Waals surface area (Å²) >= 11 is 0. The van der Waals surface area contributed by atoms with E-state index in [2.05, 4.69) is 0 Å². The van der Waals surface area contributed by atoms with E-state index in [1.54, 1.807) is 12.1 Å². The van der Waals surface area contributed by atoms with Crippen LogP contribution in [0.3, 0.4) is 0 Å². The molecule has 0 amide bonds. The molecule has 0 aliphatic rings. The summed E-state index contributed by atoms with van der Waals surface area (Å²) in [5.41, 5.74) is 0.950. The summed E-state index contributed by atoms with van der Waals surface area (Å²) in [5.74, 6) is 0. The van der Waals surface area contributed by atoms with Crippen molar-refractivity contribution in [1.82, 2.24) is 0 Å². The van der Waals surface area contributed by atoms with Gasteiger partial charge in [0.25, 0.3) is 0 Å². The zero-order chi connectivity index (χ0) is 13.6. The van der Waals surface area contributed by atoms with E-state index in [1.807, 2.05) is 11.9 Å². The summed E-state index contributed by atoms with van der Waals surface area (Å²) in [6, 6.07) is 6.50. The van der Waals surface area contributed by atoms with Crippen LogP contribution in [0.15, 0.2) is 29.2 Å². The second kappa shape index (κ2) is 6.72. The van der Waals surface area contributed by atoms with Crippen molar-refractivity contribution < 1.29 is 13.5 Å². The molecule has 3 N–H and O–H groups in total. The van der Waals surface area contributed by atoms with Crippen molar-refractivity contribution in [3.63, 3.8) is 0 Å². The monoisotopic (exact) mass is 272 g/mol. The number of nitrogens with zero attached hydrogens (tertiary/aromatic N) is 1. The van der Waals surface area contributed by atoms with Crippen LogP contribution in [-0.4, -0.2) is 33.7 Å². The van der Waals surface area contributed by atoms with Gasteiger partial charge < -0.3 is 10.0 Å². The van der Waals surface area contributed by atoms with Crippen LogP contribution in [0, 0.1) is 0 Å². The van der Waals surface area contributed by atoms with Crippen molar-refractivity contribution >= 4 is 15.7 Å². The molecule has 18 heavy (non-hydrogen) atoms. The Morgan fingerprint density at radius 2 is 1.78 bits per heavy atom. The average molecular weight is 272 g/mol. The van der Waals surface area contributed by atoms with Gasteiger partial charge in [-0.25, -0.2) is 13.6 Å². The minimum Gasteiger partial charge on any atom is -0.396 e. The van der Waals surface area contributed by atoms with E-state index in [4.69, 9.17) is 10.2 Å².